The fourth-order valence-corrected chi connectivity index (χ4v) is 5.30. The lowest BCUT2D eigenvalue weighted by atomic mass is 9.90. The largest absolute Gasteiger partial charge is 0.417 e. The number of nitrogens with one attached hydrogen (secondary N) is 1. The molecule has 1 atom stereocenters. The van der Waals surface area contributed by atoms with Gasteiger partial charge in [-0.3, -0.25) is 14.8 Å². The maximum absolute atomic E-state index is 14.3. The molecule has 0 saturated carbocycles. The summed E-state index contributed by atoms with van der Waals surface area (Å²) >= 11 is 0. The number of para-hydroxylation sites is 1. The molecular weight excluding hydrogens is 476 g/mol. The third kappa shape index (κ3) is 4.18. The smallest absolute Gasteiger partial charge is 0.407 e. The molecule has 4 aromatic rings. The molecule has 1 aromatic heterocycles. The Bertz CT molecular complexity index is 1640. The van der Waals surface area contributed by atoms with Crippen LogP contribution in [0.4, 0.5) is 8.78 Å². The van der Waals surface area contributed by atoms with Gasteiger partial charge in [0.1, 0.15) is 0 Å². The minimum absolute atomic E-state index is 0.0839. The number of carbonyl (C=O) groups excluding carboxylic acids is 1. The van der Waals surface area contributed by atoms with Crippen molar-refractivity contribution in [3.8, 4) is 0 Å². The van der Waals surface area contributed by atoms with Crippen LogP contribution in [0.2, 0.25) is 0 Å². The summed E-state index contributed by atoms with van der Waals surface area (Å²) in [6.07, 6.45) is 0.667. The van der Waals surface area contributed by atoms with E-state index in [2.05, 4.69) is 9.98 Å². The summed E-state index contributed by atoms with van der Waals surface area (Å²) in [5.74, 6) is -4.13. The molecule has 2 aliphatic heterocycles. The summed E-state index contributed by atoms with van der Waals surface area (Å²) in [7, 11) is 0. The molecule has 1 amide bonds. The highest BCUT2D eigenvalue weighted by molar-refractivity contribution is 6.25. The Morgan fingerprint density at radius 2 is 1.78 bits per heavy atom. The second-order valence-corrected chi connectivity index (χ2v) is 9.57. The molecule has 186 valence electrons. The topological polar surface area (TPSA) is 78.7 Å². The molecule has 0 bridgehead atoms. The van der Waals surface area contributed by atoms with Crippen molar-refractivity contribution in [1.82, 2.24) is 9.88 Å². The molecule has 6 nitrogen and oxygen atoms in total. The second-order valence-electron chi connectivity index (χ2n) is 9.57. The van der Waals surface area contributed by atoms with Crippen LogP contribution in [0.1, 0.15) is 35.2 Å². The van der Waals surface area contributed by atoms with Gasteiger partial charge in [-0.2, -0.15) is 0 Å². The van der Waals surface area contributed by atoms with Gasteiger partial charge in [0, 0.05) is 23.6 Å². The maximum atomic E-state index is 14.3. The van der Waals surface area contributed by atoms with E-state index >= 15 is 0 Å². The Morgan fingerprint density at radius 3 is 2.57 bits per heavy atom. The molecule has 2 aliphatic rings. The number of amides is 1. The van der Waals surface area contributed by atoms with E-state index in [-0.39, 0.29) is 6.54 Å². The molecule has 6 rings (SSSR count). The Hall–Kier alpha value is -4.33. The number of H-pyrrole nitrogens is 1. The van der Waals surface area contributed by atoms with Gasteiger partial charge in [0.2, 0.25) is 0 Å². The summed E-state index contributed by atoms with van der Waals surface area (Å²) in [4.78, 5) is 33.9. The monoisotopic (exact) mass is 499 g/mol. The van der Waals surface area contributed by atoms with E-state index in [0.29, 0.717) is 39.9 Å². The van der Waals surface area contributed by atoms with E-state index in [1.165, 1.54) is 4.90 Å². The molecule has 1 unspecified atom stereocenters. The molecule has 3 aromatic carbocycles. The van der Waals surface area contributed by atoms with Gasteiger partial charge >= 0.3 is 5.76 Å². The van der Waals surface area contributed by atoms with Crippen LogP contribution in [-0.2, 0) is 11.2 Å². The molecule has 0 fully saturated rings. The highest BCUT2D eigenvalue weighted by atomic mass is 19.3. The van der Waals surface area contributed by atoms with Crippen molar-refractivity contribution in [2.75, 3.05) is 13.1 Å². The number of rotatable bonds is 6. The predicted octanol–water partition coefficient (Wildman–Crippen LogP) is 5.05. The SMILES string of the molecule is CC(F)(F)CN1C(=O)C2=C(C(c3cccc4[nH]c(=O)oc34)=NC2)C1c1cccc(Cc2ccccc2)c1. The summed E-state index contributed by atoms with van der Waals surface area (Å²) in [6.45, 7) is 0.181. The van der Waals surface area contributed by atoms with E-state index in [4.69, 9.17) is 4.42 Å². The van der Waals surface area contributed by atoms with E-state index in [0.717, 1.165) is 23.6 Å². The van der Waals surface area contributed by atoms with Crippen LogP contribution >= 0.6 is 0 Å². The number of carbonyl (C=O) groups is 1. The van der Waals surface area contributed by atoms with E-state index < -0.39 is 30.2 Å². The average Bonchev–Trinajstić information content (AvgIpc) is 3.52. The number of hydrogen-bond donors (Lipinski definition) is 1. The summed E-state index contributed by atoms with van der Waals surface area (Å²) in [5, 5.41) is 0. The number of hydrogen-bond acceptors (Lipinski definition) is 4. The fourth-order valence-electron chi connectivity index (χ4n) is 5.30. The Labute approximate surface area is 210 Å². The van der Waals surface area contributed by atoms with Gasteiger partial charge in [0.25, 0.3) is 11.8 Å². The zero-order valence-corrected chi connectivity index (χ0v) is 20.0. The van der Waals surface area contributed by atoms with Crippen LogP contribution in [-0.4, -0.2) is 40.5 Å². The first-order valence-electron chi connectivity index (χ1n) is 12.0. The lowest BCUT2D eigenvalue weighted by molar-refractivity contribution is -0.132. The Balaban J connectivity index is 1.46. The number of aromatic nitrogens is 1. The quantitative estimate of drug-likeness (QED) is 0.403. The number of aliphatic imine (C=N–C) groups is 1. The van der Waals surface area contributed by atoms with Gasteiger partial charge in [-0.1, -0.05) is 60.7 Å². The van der Waals surface area contributed by atoms with Gasteiger partial charge in [-0.25, -0.2) is 13.6 Å². The van der Waals surface area contributed by atoms with Crippen molar-refractivity contribution in [2.45, 2.75) is 25.3 Å². The lowest BCUT2D eigenvalue weighted by Crippen LogP contribution is -2.40. The number of benzene rings is 3. The van der Waals surface area contributed by atoms with E-state index in [1.54, 1.807) is 18.2 Å². The third-order valence-corrected chi connectivity index (χ3v) is 6.75. The zero-order valence-electron chi connectivity index (χ0n) is 20.0. The first-order valence-corrected chi connectivity index (χ1v) is 12.0. The van der Waals surface area contributed by atoms with E-state index in [1.807, 2.05) is 54.6 Å². The number of aromatic amines is 1. The molecule has 0 saturated heterocycles. The third-order valence-electron chi connectivity index (χ3n) is 6.75. The predicted molar refractivity (Wildman–Crippen MR) is 136 cm³/mol. The van der Waals surface area contributed by atoms with Crippen LogP contribution in [0.15, 0.2) is 98.1 Å². The lowest BCUT2D eigenvalue weighted by Gasteiger charge is -2.30. The van der Waals surface area contributed by atoms with Crippen molar-refractivity contribution in [2.24, 2.45) is 4.99 Å². The zero-order chi connectivity index (χ0) is 25.7. The number of halogens is 2. The van der Waals surface area contributed by atoms with Gasteiger partial charge in [-0.15, -0.1) is 0 Å². The van der Waals surface area contributed by atoms with Gasteiger partial charge in [0.15, 0.2) is 5.58 Å². The minimum atomic E-state index is -3.08. The van der Waals surface area contributed by atoms with Crippen molar-refractivity contribution in [1.29, 1.82) is 0 Å². The molecule has 3 heterocycles. The van der Waals surface area contributed by atoms with Crippen LogP contribution in [0.3, 0.4) is 0 Å². The van der Waals surface area contributed by atoms with Crippen LogP contribution in [0.25, 0.3) is 11.1 Å². The summed E-state index contributed by atoms with van der Waals surface area (Å²) in [6, 6.07) is 22.1. The standard InChI is InChI=1S/C29H23F2N3O3/c1-29(30,31)16-34-25(19-10-5-9-18(14-19)13-17-7-3-2-4-8-17)23-21(27(34)35)15-32-24(23)20-11-6-12-22-26(20)37-28(36)33-22/h2-12,14,25H,13,15-16H2,1H3,(H,33,36). The molecule has 37 heavy (non-hydrogen) atoms. The normalized spacial score (nSPS) is 17.6. The highest BCUT2D eigenvalue weighted by Crippen LogP contribution is 2.44. The first-order chi connectivity index (χ1) is 17.8. The van der Waals surface area contributed by atoms with Crippen molar-refractivity contribution in [3.05, 3.63) is 117 Å². The highest BCUT2D eigenvalue weighted by Gasteiger charge is 2.47. The molecule has 8 heteroatoms. The maximum Gasteiger partial charge on any atom is 0.417 e. The van der Waals surface area contributed by atoms with Gasteiger partial charge in [-0.05, 0) is 35.2 Å². The average molecular weight is 500 g/mol. The fraction of sp³-hybridized carbons (Fsp3) is 0.207. The molecule has 0 radical (unpaired) electrons. The minimum Gasteiger partial charge on any atom is -0.407 e. The second kappa shape index (κ2) is 8.65. The summed E-state index contributed by atoms with van der Waals surface area (Å²) in [5.41, 5.74) is 5.69. The van der Waals surface area contributed by atoms with Crippen molar-refractivity contribution >= 4 is 22.7 Å². The Kier molecular flexibility index (Phi) is 5.40. The van der Waals surface area contributed by atoms with Crippen LogP contribution in [0, 0.1) is 0 Å². The molecular formula is C29H23F2N3O3. The van der Waals surface area contributed by atoms with E-state index in [9.17, 15) is 18.4 Å². The number of oxazole rings is 1. The number of nitrogens with zero attached hydrogens (tertiary/aromatic N) is 2. The van der Waals surface area contributed by atoms with Gasteiger partial charge < -0.3 is 9.32 Å². The van der Waals surface area contributed by atoms with Crippen LogP contribution < -0.4 is 5.76 Å². The Morgan fingerprint density at radius 1 is 1.03 bits per heavy atom. The van der Waals surface area contributed by atoms with Crippen molar-refractivity contribution in [3.63, 3.8) is 0 Å². The van der Waals surface area contributed by atoms with Crippen molar-refractivity contribution < 1.29 is 18.0 Å². The molecule has 1 N–H and O–H groups in total. The molecule has 0 spiro atoms. The first kappa shape index (κ1) is 23.1. The number of fused-ring (bicyclic) bond motifs is 1. The van der Waals surface area contributed by atoms with Gasteiger partial charge in [0.05, 0.1) is 30.4 Å². The summed E-state index contributed by atoms with van der Waals surface area (Å²) < 4.78 is 34.0. The van der Waals surface area contributed by atoms with Crippen LogP contribution in [0.5, 0.6) is 0 Å². The number of alkyl halides is 2. The molecule has 0 aliphatic carbocycles.